The number of alkyl halides is 2. The molecule has 3 nitrogen and oxygen atoms in total. The smallest absolute Gasteiger partial charge is 0.238 e. The molecule has 2 atom stereocenters. The summed E-state index contributed by atoms with van der Waals surface area (Å²) in [6, 6.07) is 0. The Kier molecular flexibility index (Phi) is 3.93. The number of carbonyl (C=O) groups excluding carboxylic acids is 1. The predicted octanol–water partition coefficient (Wildman–Crippen LogP) is -0.321. The maximum absolute atomic E-state index is 10.2. The van der Waals surface area contributed by atoms with Crippen LogP contribution >= 0.6 is 23.2 Å². The fourth-order valence-electron chi connectivity index (χ4n) is 0.268. The predicted molar refractivity (Wildman–Crippen MR) is 35.6 cm³/mol. The minimum Gasteiger partial charge on any atom is -0.390 e. The SMILES string of the molecule is NC(=O)[C@@H](Cl)[C@@H](O)CCl. The van der Waals surface area contributed by atoms with Crippen molar-refractivity contribution in [1.29, 1.82) is 0 Å². The minimum atomic E-state index is -1.08. The van der Waals surface area contributed by atoms with Crippen LogP contribution < -0.4 is 5.73 Å². The number of halogens is 2. The first kappa shape index (κ1) is 9.01. The lowest BCUT2D eigenvalue weighted by Crippen LogP contribution is -2.35. The van der Waals surface area contributed by atoms with Gasteiger partial charge in [0, 0.05) is 0 Å². The highest BCUT2D eigenvalue weighted by molar-refractivity contribution is 6.31. The van der Waals surface area contributed by atoms with E-state index in [0.29, 0.717) is 0 Å². The molecule has 5 heteroatoms. The van der Waals surface area contributed by atoms with Crippen molar-refractivity contribution in [2.24, 2.45) is 5.73 Å². The second kappa shape index (κ2) is 3.93. The summed E-state index contributed by atoms with van der Waals surface area (Å²) in [7, 11) is 0. The molecule has 0 bridgehead atoms. The zero-order chi connectivity index (χ0) is 7.44. The van der Waals surface area contributed by atoms with E-state index >= 15 is 0 Å². The van der Waals surface area contributed by atoms with E-state index in [4.69, 9.17) is 34.0 Å². The van der Waals surface area contributed by atoms with Gasteiger partial charge in [0.2, 0.25) is 5.91 Å². The van der Waals surface area contributed by atoms with Gasteiger partial charge in [-0.15, -0.1) is 23.2 Å². The molecule has 0 unspecified atom stereocenters. The molecule has 0 fully saturated rings. The van der Waals surface area contributed by atoms with Crippen LogP contribution in [-0.4, -0.2) is 28.4 Å². The van der Waals surface area contributed by atoms with E-state index in [1.807, 2.05) is 0 Å². The van der Waals surface area contributed by atoms with Crippen molar-refractivity contribution in [2.75, 3.05) is 5.88 Å². The van der Waals surface area contributed by atoms with Crippen LogP contribution in [0.5, 0.6) is 0 Å². The van der Waals surface area contributed by atoms with Gasteiger partial charge in [-0.3, -0.25) is 4.79 Å². The first-order valence-electron chi connectivity index (χ1n) is 2.27. The van der Waals surface area contributed by atoms with Gasteiger partial charge in [0.15, 0.2) is 0 Å². The zero-order valence-corrected chi connectivity index (χ0v) is 6.06. The Morgan fingerprint density at radius 3 is 2.33 bits per heavy atom. The van der Waals surface area contributed by atoms with Gasteiger partial charge in [-0.05, 0) is 0 Å². The van der Waals surface area contributed by atoms with Gasteiger partial charge < -0.3 is 10.8 Å². The van der Waals surface area contributed by atoms with Gasteiger partial charge in [-0.2, -0.15) is 0 Å². The van der Waals surface area contributed by atoms with Crippen LogP contribution in [0, 0.1) is 0 Å². The molecule has 0 radical (unpaired) electrons. The second-order valence-corrected chi connectivity index (χ2v) is 2.30. The summed E-state index contributed by atoms with van der Waals surface area (Å²) in [5.41, 5.74) is 4.72. The molecule has 0 aromatic heterocycles. The van der Waals surface area contributed by atoms with Gasteiger partial charge in [-0.1, -0.05) is 0 Å². The molecule has 0 aromatic carbocycles. The Morgan fingerprint density at radius 1 is 1.78 bits per heavy atom. The lowest BCUT2D eigenvalue weighted by atomic mass is 10.3. The van der Waals surface area contributed by atoms with Crippen LogP contribution in [0.1, 0.15) is 0 Å². The summed E-state index contributed by atoms with van der Waals surface area (Å²) < 4.78 is 0. The van der Waals surface area contributed by atoms with Crippen molar-refractivity contribution in [3.63, 3.8) is 0 Å². The number of hydrogen-bond donors (Lipinski definition) is 2. The summed E-state index contributed by atoms with van der Waals surface area (Å²) in [6.45, 7) is 0. The lowest BCUT2D eigenvalue weighted by molar-refractivity contribution is -0.119. The van der Waals surface area contributed by atoms with Gasteiger partial charge in [0.1, 0.15) is 5.38 Å². The molecule has 0 saturated carbocycles. The highest BCUT2D eigenvalue weighted by Gasteiger charge is 2.20. The van der Waals surface area contributed by atoms with Gasteiger partial charge in [0.25, 0.3) is 0 Å². The number of rotatable bonds is 3. The Labute approximate surface area is 62.7 Å². The standard InChI is InChI=1S/C4H7Cl2NO2/c5-1-2(8)3(6)4(7)9/h2-3,8H,1H2,(H2,7,9)/t2-,3-/m0/s1. The monoisotopic (exact) mass is 171 g/mol. The lowest BCUT2D eigenvalue weighted by Gasteiger charge is -2.08. The third-order valence-electron chi connectivity index (χ3n) is 0.768. The van der Waals surface area contributed by atoms with Crippen LogP contribution in [-0.2, 0) is 4.79 Å². The molecule has 0 saturated heterocycles. The molecule has 54 valence electrons. The van der Waals surface area contributed by atoms with Crippen LogP contribution in [0.2, 0.25) is 0 Å². The number of hydrogen-bond acceptors (Lipinski definition) is 2. The largest absolute Gasteiger partial charge is 0.390 e. The molecule has 0 aliphatic rings. The molecule has 9 heavy (non-hydrogen) atoms. The topological polar surface area (TPSA) is 63.3 Å². The van der Waals surface area contributed by atoms with Crippen molar-refractivity contribution in [2.45, 2.75) is 11.5 Å². The molecule has 0 aliphatic heterocycles. The van der Waals surface area contributed by atoms with Crippen molar-refractivity contribution < 1.29 is 9.90 Å². The fraction of sp³-hybridized carbons (Fsp3) is 0.750. The van der Waals surface area contributed by atoms with Crippen molar-refractivity contribution in [3.05, 3.63) is 0 Å². The summed E-state index contributed by atoms with van der Waals surface area (Å²) in [5.74, 6) is -0.846. The number of amides is 1. The van der Waals surface area contributed by atoms with Gasteiger partial charge >= 0.3 is 0 Å². The highest BCUT2D eigenvalue weighted by atomic mass is 35.5. The van der Waals surface area contributed by atoms with Gasteiger partial charge in [-0.25, -0.2) is 0 Å². The zero-order valence-electron chi connectivity index (χ0n) is 4.55. The average molecular weight is 172 g/mol. The third kappa shape index (κ3) is 2.89. The van der Waals surface area contributed by atoms with Crippen molar-refractivity contribution >= 4 is 29.1 Å². The number of nitrogens with two attached hydrogens (primary N) is 1. The number of carbonyl (C=O) groups is 1. The Morgan fingerprint density at radius 2 is 2.22 bits per heavy atom. The number of aliphatic hydroxyl groups excluding tert-OH is 1. The van der Waals surface area contributed by atoms with E-state index in [2.05, 4.69) is 0 Å². The first-order chi connectivity index (χ1) is 4.09. The molecule has 0 aliphatic carbocycles. The molecule has 0 rings (SSSR count). The molecule has 0 spiro atoms. The molecule has 0 aromatic rings. The fourth-order valence-corrected chi connectivity index (χ4v) is 0.626. The van der Waals surface area contributed by atoms with Crippen molar-refractivity contribution in [1.82, 2.24) is 0 Å². The number of aliphatic hydroxyl groups is 1. The summed E-state index contributed by atoms with van der Waals surface area (Å²) in [6.07, 6.45) is -1.05. The van der Waals surface area contributed by atoms with E-state index in [1.54, 1.807) is 0 Å². The normalized spacial score (nSPS) is 16.8. The maximum Gasteiger partial charge on any atom is 0.238 e. The minimum absolute atomic E-state index is 0.0862. The van der Waals surface area contributed by atoms with E-state index in [1.165, 1.54) is 0 Å². The molecule has 1 amide bonds. The summed E-state index contributed by atoms with van der Waals surface area (Å²) in [5, 5.41) is 7.65. The third-order valence-corrected chi connectivity index (χ3v) is 1.59. The molecule has 0 heterocycles. The Hall–Kier alpha value is 0.01000. The quantitative estimate of drug-likeness (QED) is 0.573. The van der Waals surface area contributed by atoms with Crippen LogP contribution in [0.25, 0.3) is 0 Å². The number of primary amides is 1. The van der Waals surface area contributed by atoms with E-state index in [9.17, 15) is 4.79 Å². The van der Waals surface area contributed by atoms with Gasteiger partial charge in [0.05, 0.1) is 12.0 Å². The first-order valence-corrected chi connectivity index (χ1v) is 3.24. The Balaban J connectivity index is 3.72. The van der Waals surface area contributed by atoms with Crippen LogP contribution in [0.15, 0.2) is 0 Å². The van der Waals surface area contributed by atoms with Crippen LogP contribution in [0.4, 0.5) is 0 Å². The van der Waals surface area contributed by atoms with Crippen LogP contribution in [0.3, 0.4) is 0 Å². The van der Waals surface area contributed by atoms with E-state index in [0.717, 1.165) is 0 Å². The van der Waals surface area contributed by atoms with E-state index < -0.39 is 17.4 Å². The molecular formula is C4H7Cl2NO2. The molecular weight excluding hydrogens is 165 g/mol. The summed E-state index contributed by atoms with van der Waals surface area (Å²) >= 11 is 10.4. The summed E-state index contributed by atoms with van der Waals surface area (Å²) in [4.78, 5) is 10.2. The van der Waals surface area contributed by atoms with E-state index in [-0.39, 0.29) is 5.88 Å². The highest BCUT2D eigenvalue weighted by Crippen LogP contribution is 2.02. The average Bonchev–Trinajstić information content (AvgIpc) is 1.84. The maximum atomic E-state index is 10.2. The van der Waals surface area contributed by atoms with Crippen molar-refractivity contribution in [3.8, 4) is 0 Å². The second-order valence-electron chi connectivity index (χ2n) is 1.53. The Bertz CT molecular complexity index is 109. The molecule has 3 N–H and O–H groups in total.